The zero-order valence-corrected chi connectivity index (χ0v) is 16.8. The highest BCUT2D eigenvalue weighted by atomic mass is 127. The van der Waals surface area contributed by atoms with Crippen molar-refractivity contribution in [2.75, 3.05) is 20.1 Å². The molecular formula is C18H23IN6. The Morgan fingerprint density at radius 2 is 2.32 bits per heavy atom. The topological polar surface area (TPSA) is 69.2 Å². The van der Waals surface area contributed by atoms with Crippen LogP contribution in [0.1, 0.15) is 29.0 Å². The number of hydrogen-bond acceptors (Lipinski definition) is 3. The van der Waals surface area contributed by atoms with Gasteiger partial charge in [0.05, 0.1) is 17.8 Å². The third-order valence-corrected chi connectivity index (χ3v) is 4.40. The molecule has 0 bridgehead atoms. The summed E-state index contributed by atoms with van der Waals surface area (Å²) in [4.78, 5) is 6.69. The summed E-state index contributed by atoms with van der Waals surface area (Å²) < 4.78 is 1.85. The molecule has 1 atom stereocenters. The number of nitriles is 1. The van der Waals surface area contributed by atoms with Gasteiger partial charge in [-0.05, 0) is 29.7 Å². The van der Waals surface area contributed by atoms with Crippen LogP contribution in [0, 0.1) is 11.3 Å². The van der Waals surface area contributed by atoms with E-state index in [9.17, 15) is 0 Å². The standard InChI is InChI=1S/C18H22N6.HI/c1-20-18(21-10-15-5-3-4-14(8-15)9-19)24-7-6-16(13-24)17-11-22-23(2)12-17;/h3-5,8,11-12,16H,6-7,10,13H2,1-2H3,(H,20,21);1H. The molecule has 0 amide bonds. The molecule has 0 aliphatic carbocycles. The van der Waals surface area contributed by atoms with E-state index in [2.05, 4.69) is 32.6 Å². The van der Waals surface area contributed by atoms with Crippen molar-refractivity contribution >= 4 is 29.9 Å². The van der Waals surface area contributed by atoms with Crippen LogP contribution in [0.4, 0.5) is 0 Å². The van der Waals surface area contributed by atoms with E-state index in [0.717, 1.165) is 31.0 Å². The molecule has 2 heterocycles. The zero-order valence-electron chi connectivity index (χ0n) is 14.5. The summed E-state index contributed by atoms with van der Waals surface area (Å²) in [6.45, 7) is 2.59. The summed E-state index contributed by atoms with van der Waals surface area (Å²) in [6, 6.07) is 9.82. The Labute approximate surface area is 165 Å². The number of benzene rings is 1. The normalized spacial score (nSPS) is 17.1. The number of likely N-dealkylation sites (tertiary alicyclic amines) is 1. The number of halogens is 1. The lowest BCUT2D eigenvalue weighted by atomic mass is 10.0. The molecule has 25 heavy (non-hydrogen) atoms. The fourth-order valence-electron chi connectivity index (χ4n) is 3.14. The van der Waals surface area contributed by atoms with Gasteiger partial charge in [-0.25, -0.2) is 0 Å². The fourth-order valence-corrected chi connectivity index (χ4v) is 3.14. The molecule has 6 nitrogen and oxygen atoms in total. The lowest BCUT2D eigenvalue weighted by Crippen LogP contribution is -2.39. The lowest BCUT2D eigenvalue weighted by Gasteiger charge is -2.21. The van der Waals surface area contributed by atoms with Gasteiger partial charge in [0.1, 0.15) is 0 Å². The van der Waals surface area contributed by atoms with Gasteiger partial charge < -0.3 is 10.2 Å². The molecule has 1 aliphatic rings. The molecular weight excluding hydrogens is 427 g/mol. The Kier molecular flexibility index (Phi) is 6.82. The highest BCUT2D eigenvalue weighted by molar-refractivity contribution is 14.0. The van der Waals surface area contributed by atoms with Gasteiger partial charge in [0.15, 0.2) is 5.96 Å². The number of aryl methyl sites for hydroxylation is 1. The van der Waals surface area contributed by atoms with Crippen LogP contribution in [0.3, 0.4) is 0 Å². The number of nitrogens with zero attached hydrogens (tertiary/aromatic N) is 5. The van der Waals surface area contributed by atoms with Crippen LogP contribution in [-0.4, -0.2) is 40.8 Å². The van der Waals surface area contributed by atoms with Crippen LogP contribution < -0.4 is 5.32 Å². The fraction of sp³-hybridized carbons (Fsp3) is 0.389. The third-order valence-electron chi connectivity index (χ3n) is 4.40. The van der Waals surface area contributed by atoms with Gasteiger partial charge in [-0.15, -0.1) is 24.0 Å². The second-order valence-electron chi connectivity index (χ2n) is 6.09. The number of guanidine groups is 1. The second kappa shape index (κ2) is 8.85. The second-order valence-corrected chi connectivity index (χ2v) is 6.09. The Balaban J connectivity index is 0.00000225. The summed E-state index contributed by atoms with van der Waals surface area (Å²) >= 11 is 0. The van der Waals surface area contributed by atoms with E-state index in [0.29, 0.717) is 18.0 Å². The predicted molar refractivity (Wildman–Crippen MR) is 109 cm³/mol. The Morgan fingerprint density at radius 3 is 3.00 bits per heavy atom. The first-order chi connectivity index (χ1) is 11.7. The van der Waals surface area contributed by atoms with Crippen LogP contribution in [0.5, 0.6) is 0 Å². The smallest absolute Gasteiger partial charge is 0.193 e. The molecule has 3 rings (SSSR count). The molecule has 0 spiro atoms. The average Bonchev–Trinajstić information content (AvgIpc) is 3.25. The van der Waals surface area contributed by atoms with Crippen molar-refractivity contribution in [3.63, 3.8) is 0 Å². The Morgan fingerprint density at radius 1 is 1.48 bits per heavy atom. The zero-order chi connectivity index (χ0) is 16.9. The predicted octanol–water partition coefficient (Wildman–Crippen LogP) is 2.47. The van der Waals surface area contributed by atoms with Gasteiger partial charge in [-0.1, -0.05) is 12.1 Å². The number of nitrogens with one attached hydrogen (secondary N) is 1. The number of aromatic nitrogens is 2. The molecule has 1 saturated heterocycles. The maximum absolute atomic E-state index is 8.99. The molecule has 132 valence electrons. The van der Waals surface area contributed by atoms with Crippen molar-refractivity contribution < 1.29 is 0 Å². The molecule has 2 aromatic rings. The monoisotopic (exact) mass is 450 g/mol. The van der Waals surface area contributed by atoms with Crippen molar-refractivity contribution in [2.45, 2.75) is 18.9 Å². The van der Waals surface area contributed by atoms with E-state index in [1.807, 2.05) is 49.2 Å². The van der Waals surface area contributed by atoms with E-state index in [1.165, 1.54) is 5.56 Å². The average molecular weight is 450 g/mol. The molecule has 1 aliphatic heterocycles. The Hall–Kier alpha value is -2.08. The van der Waals surface area contributed by atoms with Gasteiger partial charge >= 0.3 is 0 Å². The quantitative estimate of drug-likeness (QED) is 0.443. The van der Waals surface area contributed by atoms with Crippen LogP contribution >= 0.6 is 24.0 Å². The van der Waals surface area contributed by atoms with Crippen molar-refractivity contribution in [3.05, 3.63) is 53.3 Å². The van der Waals surface area contributed by atoms with Gasteiger partial charge in [-0.3, -0.25) is 9.67 Å². The van der Waals surface area contributed by atoms with Crippen LogP contribution in [0.15, 0.2) is 41.7 Å². The van der Waals surface area contributed by atoms with Crippen molar-refractivity contribution in [1.29, 1.82) is 5.26 Å². The minimum atomic E-state index is 0. The maximum atomic E-state index is 8.99. The van der Waals surface area contributed by atoms with Crippen LogP contribution in [0.2, 0.25) is 0 Å². The first-order valence-electron chi connectivity index (χ1n) is 8.13. The molecule has 7 heteroatoms. The molecule has 0 saturated carbocycles. The van der Waals surface area contributed by atoms with Crippen LogP contribution in [-0.2, 0) is 13.6 Å². The highest BCUT2D eigenvalue weighted by Gasteiger charge is 2.26. The summed E-state index contributed by atoms with van der Waals surface area (Å²) in [6.07, 6.45) is 5.16. The molecule has 1 aromatic carbocycles. The van der Waals surface area contributed by atoms with Crippen molar-refractivity contribution in [2.24, 2.45) is 12.0 Å². The van der Waals surface area contributed by atoms with Crippen molar-refractivity contribution in [3.8, 4) is 6.07 Å². The van der Waals surface area contributed by atoms with Crippen LogP contribution in [0.25, 0.3) is 0 Å². The highest BCUT2D eigenvalue weighted by Crippen LogP contribution is 2.26. The van der Waals surface area contributed by atoms with Gasteiger partial charge in [0.2, 0.25) is 0 Å². The number of hydrogen-bond donors (Lipinski definition) is 1. The van der Waals surface area contributed by atoms with Gasteiger partial charge in [-0.2, -0.15) is 10.4 Å². The minimum Gasteiger partial charge on any atom is -0.352 e. The summed E-state index contributed by atoms with van der Waals surface area (Å²) in [7, 11) is 3.76. The number of aliphatic imine (C=N–C) groups is 1. The first kappa shape index (κ1) is 19.2. The van der Waals surface area contributed by atoms with E-state index in [1.54, 1.807) is 0 Å². The maximum Gasteiger partial charge on any atom is 0.193 e. The van der Waals surface area contributed by atoms with Gasteiger partial charge in [0, 0.05) is 45.8 Å². The minimum absolute atomic E-state index is 0. The molecule has 1 fully saturated rings. The summed E-state index contributed by atoms with van der Waals surface area (Å²) in [5.41, 5.74) is 3.05. The molecule has 0 radical (unpaired) electrons. The first-order valence-corrected chi connectivity index (χ1v) is 8.13. The Bertz CT molecular complexity index is 776. The van der Waals surface area contributed by atoms with E-state index >= 15 is 0 Å². The molecule has 1 unspecified atom stereocenters. The van der Waals surface area contributed by atoms with Crippen molar-refractivity contribution in [1.82, 2.24) is 20.0 Å². The van der Waals surface area contributed by atoms with E-state index < -0.39 is 0 Å². The summed E-state index contributed by atoms with van der Waals surface area (Å²) in [5, 5.41) is 16.7. The SMILES string of the molecule is CN=C(NCc1cccc(C#N)c1)N1CCC(c2cnn(C)c2)C1.I. The van der Waals surface area contributed by atoms with Gasteiger partial charge in [0.25, 0.3) is 0 Å². The largest absolute Gasteiger partial charge is 0.352 e. The number of rotatable bonds is 3. The molecule has 1 N–H and O–H groups in total. The lowest BCUT2D eigenvalue weighted by molar-refractivity contribution is 0.486. The van der Waals surface area contributed by atoms with E-state index in [-0.39, 0.29) is 24.0 Å². The molecule has 1 aromatic heterocycles. The summed E-state index contributed by atoms with van der Waals surface area (Å²) in [5.74, 6) is 1.41. The third kappa shape index (κ3) is 4.72. The van der Waals surface area contributed by atoms with E-state index in [4.69, 9.17) is 5.26 Å².